The van der Waals surface area contributed by atoms with E-state index < -0.39 is 6.04 Å². The van der Waals surface area contributed by atoms with Crippen LogP contribution in [0.2, 0.25) is 15.1 Å². The molecule has 0 fully saturated rings. The normalized spacial score (nSPS) is 11.7. The van der Waals surface area contributed by atoms with Gasteiger partial charge in [-0.1, -0.05) is 103 Å². The Labute approximate surface area is 238 Å². The number of rotatable bonds is 13. The van der Waals surface area contributed by atoms with Gasteiger partial charge in [0.1, 0.15) is 6.04 Å². The second-order valence-corrected chi connectivity index (χ2v) is 10.9. The maximum Gasteiger partial charge on any atom is 0.243 e. The highest BCUT2D eigenvalue weighted by atomic mass is 35.5. The number of amides is 2. The van der Waals surface area contributed by atoms with Gasteiger partial charge in [-0.05, 0) is 41.3 Å². The largest absolute Gasteiger partial charge is 0.354 e. The van der Waals surface area contributed by atoms with Crippen LogP contribution < -0.4 is 5.32 Å². The number of carbonyl (C=O) groups is 2. The molecule has 1 atom stereocenters. The zero-order valence-electron chi connectivity index (χ0n) is 20.8. The van der Waals surface area contributed by atoms with E-state index >= 15 is 0 Å². The first kappa shape index (κ1) is 29.4. The number of hydrogen-bond donors (Lipinski definition) is 1. The van der Waals surface area contributed by atoms with E-state index in [1.165, 1.54) is 11.8 Å². The Kier molecular flexibility index (Phi) is 12.1. The number of benzene rings is 3. The minimum atomic E-state index is -0.695. The molecule has 2 amide bonds. The van der Waals surface area contributed by atoms with Crippen molar-refractivity contribution >= 4 is 58.4 Å². The Hall–Kier alpha value is -2.18. The lowest BCUT2D eigenvalue weighted by atomic mass is 10.0. The van der Waals surface area contributed by atoms with E-state index in [2.05, 4.69) is 12.2 Å². The fraction of sp³-hybridized carbons (Fsp3) is 0.310. The highest BCUT2D eigenvalue weighted by Crippen LogP contribution is 2.26. The van der Waals surface area contributed by atoms with Crippen molar-refractivity contribution in [3.63, 3.8) is 0 Å². The van der Waals surface area contributed by atoms with Crippen LogP contribution >= 0.6 is 46.6 Å². The molecule has 0 heterocycles. The average molecular weight is 578 g/mol. The predicted molar refractivity (Wildman–Crippen MR) is 156 cm³/mol. The molecule has 0 aliphatic carbocycles. The summed E-state index contributed by atoms with van der Waals surface area (Å²) < 4.78 is 0. The van der Waals surface area contributed by atoms with E-state index in [1.807, 2.05) is 54.6 Å². The van der Waals surface area contributed by atoms with Gasteiger partial charge in [0.05, 0.1) is 5.75 Å². The molecule has 0 aromatic heterocycles. The van der Waals surface area contributed by atoms with E-state index in [1.54, 1.807) is 23.1 Å². The zero-order chi connectivity index (χ0) is 26.6. The van der Waals surface area contributed by atoms with Gasteiger partial charge in [-0.15, -0.1) is 11.8 Å². The Balaban J connectivity index is 1.87. The van der Waals surface area contributed by atoms with Crippen LogP contribution in [0.1, 0.15) is 36.5 Å². The van der Waals surface area contributed by atoms with E-state index in [4.69, 9.17) is 34.8 Å². The zero-order valence-corrected chi connectivity index (χ0v) is 23.8. The molecule has 0 saturated carbocycles. The van der Waals surface area contributed by atoms with Gasteiger partial charge in [-0.25, -0.2) is 0 Å². The van der Waals surface area contributed by atoms with Crippen LogP contribution in [0.15, 0.2) is 72.8 Å². The summed E-state index contributed by atoms with van der Waals surface area (Å²) in [5.41, 5.74) is 2.67. The summed E-state index contributed by atoms with van der Waals surface area (Å²) in [5.74, 6) is 0.471. The molecule has 37 heavy (non-hydrogen) atoms. The quantitative estimate of drug-likeness (QED) is 0.215. The second kappa shape index (κ2) is 15.3. The van der Waals surface area contributed by atoms with Crippen LogP contribution in [0, 0.1) is 0 Å². The molecule has 8 heteroatoms. The highest BCUT2D eigenvalue weighted by molar-refractivity contribution is 7.99. The van der Waals surface area contributed by atoms with Crippen molar-refractivity contribution in [3.8, 4) is 0 Å². The number of nitrogens with one attached hydrogen (secondary N) is 1. The summed E-state index contributed by atoms with van der Waals surface area (Å²) in [6.07, 6.45) is 2.23. The average Bonchev–Trinajstić information content (AvgIpc) is 2.89. The molecule has 1 N–H and O–H groups in total. The van der Waals surface area contributed by atoms with Crippen molar-refractivity contribution in [1.29, 1.82) is 0 Å². The second-order valence-electron chi connectivity index (χ2n) is 8.69. The van der Waals surface area contributed by atoms with E-state index in [0.29, 0.717) is 33.8 Å². The Morgan fingerprint density at radius 2 is 1.65 bits per heavy atom. The van der Waals surface area contributed by atoms with E-state index in [0.717, 1.165) is 29.5 Å². The standard InChI is InChI=1S/C29H31Cl3N2O2S/c1-2-3-15-33-29(36)27(16-21-9-5-4-6-10-21)34(18-22-13-14-24(30)17-26(22)32)28(35)20-37-19-23-11-7-8-12-25(23)31/h4-14,17,27H,2-3,15-16,18-20H2,1H3,(H,33,36)/t27-/m0/s1. The van der Waals surface area contributed by atoms with Gasteiger partial charge in [-0.2, -0.15) is 0 Å². The number of carbonyl (C=O) groups excluding carboxylic acids is 2. The Morgan fingerprint density at radius 3 is 2.35 bits per heavy atom. The Bertz CT molecular complexity index is 1180. The lowest BCUT2D eigenvalue weighted by Crippen LogP contribution is -2.51. The molecular formula is C29H31Cl3N2O2S. The van der Waals surface area contributed by atoms with Crippen molar-refractivity contribution in [2.45, 2.75) is 44.5 Å². The molecule has 0 saturated heterocycles. The molecule has 0 aliphatic heterocycles. The maximum absolute atomic E-state index is 13.7. The summed E-state index contributed by atoms with van der Waals surface area (Å²) in [6.45, 7) is 2.83. The minimum Gasteiger partial charge on any atom is -0.354 e. The molecule has 4 nitrogen and oxygen atoms in total. The molecule has 0 radical (unpaired) electrons. The molecule has 0 unspecified atom stereocenters. The van der Waals surface area contributed by atoms with Gasteiger partial charge in [-0.3, -0.25) is 9.59 Å². The summed E-state index contributed by atoms with van der Waals surface area (Å²) in [6, 6.07) is 21.8. The summed E-state index contributed by atoms with van der Waals surface area (Å²) >= 11 is 20.4. The van der Waals surface area contributed by atoms with Crippen LogP contribution in [0.5, 0.6) is 0 Å². The summed E-state index contributed by atoms with van der Waals surface area (Å²) in [5, 5.41) is 4.67. The van der Waals surface area contributed by atoms with Gasteiger partial charge in [0, 0.05) is 40.3 Å². The first-order chi connectivity index (χ1) is 17.9. The van der Waals surface area contributed by atoms with Gasteiger partial charge in [0.2, 0.25) is 11.8 Å². The van der Waals surface area contributed by atoms with Crippen LogP contribution in [-0.4, -0.2) is 35.1 Å². The summed E-state index contributed by atoms with van der Waals surface area (Å²) in [7, 11) is 0. The minimum absolute atomic E-state index is 0.144. The third-order valence-corrected chi connectivity index (χ3v) is 7.82. The molecule has 3 aromatic carbocycles. The third kappa shape index (κ3) is 9.26. The Morgan fingerprint density at radius 1 is 0.919 bits per heavy atom. The molecule has 3 aromatic rings. The maximum atomic E-state index is 13.7. The van der Waals surface area contributed by atoms with Crippen molar-refractivity contribution in [2.75, 3.05) is 12.3 Å². The van der Waals surface area contributed by atoms with E-state index in [-0.39, 0.29) is 24.1 Å². The topological polar surface area (TPSA) is 49.4 Å². The SMILES string of the molecule is CCCCNC(=O)[C@H](Cc1ccccc1)N(Cc1ccc(Cl)cc1Cl)C(=O)CSCc1ccccc1Cl. The van der Waals surface area contributed by atoms with Crippen LogP contribution in [0.4, 0.5) is 0 Å². The molecular weight excluding hydrogens is 547 g/mol. The van der Waals surface area contributed by atoms with Crippen molar-refractivity contribution in [1.82, 2.24) is 10.2 Å². The van der Waals surface area contributed by atoms with Crippen molar-refractivity contribution in [3.05, 3.63) is 105 Å². The number of nitrogens with zero attached hydrogens (tertiary/aromatic N) is 1. The fourth-order valence-corrected chi connectivity index (χ4v) is 5.50. The lowest BCUT2D eigenvalue weighted by Gasteiger charge is -2.32. The van der Waals surface area contributed by atoms with E-state index in [9.17, 15) is 9.59 Å². The number of thioether (sulfide) groups is 1. The number of halogens is 3. The molecule has 0 spiro atoms. The molecule has 196 valence electrons. The van der Waals surface area contributed by atoms with Crippen LogP contribution in [0.3, 0.4) is 0 Å². The molecule has 3 rings (SSSR count). The lowest BCUT2D eigenvalue weighted by molar-refractivity contribution is -0.139. The third-order valence-electron chi connectivity index (χ3n) is 5.90. The first-order valence-electron chi connectivity index (χ1n) is 12.2. The fourth-order valence-electron chi connectivity index (χ4n) is 3.84. The number of hydrogen-bond acceptors (Lipinski definition) is 3. The monoisotopic (exact) mass is 576 g/mol. The highest BCUT2D eigenvalue weighted by Gasteiger charge is 2.30. The van der Waals surface area contributed by atoms with Crippen LogP contribution in [0.25, 0.3) is 0 Å². The molecule has 0 bridgehead atoms. The van der Waals surface area contributed by atoms with Gasteiger partial charge in [0.25, 0.3) is 0 Å². The number of unbranched alkanes of at least 4 members (excludes halogenated alkanes) is 1. The van der Waals surface area contributed by atoms with Crippen LogP contribution in [-0.2, 0) is 28.3 Å². The predicted octanol–water partition coefficient (Wildman–Crippen LogP) is 7.44. The molecule has 0 aliphatic rings. The van der Waals surface area contributed by atoms with Gasteiger partial charge in [0.15, 0.2) is 0 Å². The van der Waals surface area contributed by atoms with Gasteiger partial charge >= 0.3 is 0 Å². The summed E-state index contributed by atoms with van der Waals surface area (Å²) in [4.78, 5) is 28.8. The van der Waals surface area contributed by atoms with Crippen molar-refractivity contribution < 1.29 is 9.59 Å². The smallest absolute Gasteiger partial charge is 0.243 e. The van der Waals surface area contributed by atoms with Gasteiger partial charge < -0.3 is 10.2 Å². The van der Waals surface area contributed by atoms with Crippen molar-refractivity contribution in [2.24, 2.45) is 0 Å². The first-order valence-corrected chi connectivity index (χ1v) is 14.5.